The Kier molecular flexibility index (Phi) is 4.61. The smallest absolute Gasteiger partial charge is 0.339 e. The fourth-order valence-corrected chi connectivity index (χ4v) is 3.64. The number of hydrogen-bond acceptors (Lipinski definition) is 5. The molecule has 1 amide bonds. The molecule has 0 spiro atoms. The first-order chi connectivity index (χ1) is 11.9. The van der Waals surface area contributed by atoms with Gasteiger partial charge in [-0.05, 0) is 36.8 Å². The summed E-state index contributed by atoms with van der Waals surface area (Å²) in [6, 6.07) is 11.6. The van der Waals surface area contributed by atoms with E-state index in [1.165, 1.54) is 23.1 Å². The highest BCUT2D eigenvalue weighted by Crippen LogP contribution is 2.37. The Labute approximate surface area is 153 Å². The molecule has 1 fully saturated rings. The predicted molar refractivity (Wildman–Crippen MR) is 102 cm³/mol. The second kappa shape index (κ2) is 6.70. The lowest BCUT2D eigenvalue weighted by Gasteiger charge is -2.15. The second-order valence-electron chi connectivity index (χ2n) is 5.43. The van der Waals surface area contributed by atoms with E-state index in [9.17, 15) is 14.7 Å². The van der Waals surface area contributed by atoms with Crippen molar-refractivity contribution in [3.8, 4) is 5.75 Å². The lowest BCUT2D eigenvalue weighted by Crippen LogP contribution is -2.27. The van der Waals surface area contributed by atoms with Crippen molar-refractivity contribution in [1.82, 2.24) is 0 Å². The molecule has 0 bridgehead atoms. The number of carbonyl (C=O) groups is 2. The number of thiocarbonyl (C=S) groups is 1. The van der Waals surface area contributed by atoms with Crippen LogP contribution in [0.2, 0.25) is 0 Å². The molecule has 7 heteroatoms. The molecule has 1 saturated heterocycles. The van der Waals surface area contributed by atoms with Gasteiger partial charge in [-0.2, -0.15) is 0 Å². The molecule has 5 nitrogen and oxygen atoms in total. The van der Waals surface area contributed by atoms with Crippen LogP contribution < -0.4 is 4.90 Å². The number of aromatic carboxylic acids is 1. The maximum atomic E-state index is 12.7. The summed E-state index contributed by atoms with van der Waals surface area (Å²) in [5.74, 6) is -1.96. The van der Waals surface area contributed by atoms with E-state index < -0.39 is 5.97 Å². The number of nitrogens with zero attached hydrogens (tertiary/aromatic N) is 1. The quantitative estimate of drug-likeness (QED) is 0.631. The zero-order chi connectivity index (χ0) is 18.1. The predicted octanol–water partition coefficient (Wildman–Crippen LogP) is 3.80. The van der Waals surface area contributed by atoms with Crippen molar-refractivity contribution in [3.63, 3.8) is 0 Å². The van der Waals surface area contributed by atoms with E-state index in [0.29, 0.717) is 14.9 Å². The molecule has 2 aromatic carbocycles. The number of benzene rings is 2. The normalized spacial score (nSPS) is 15.9. The van der Waals surface area contributed by atoms with E-state index in [1.807, 2.05) is 31.2 Å². The second-order valence-corrected chi connectivity index (χ2v) is 7.11. The van der Waals surface area contributed by atoms with Crippen molar-refractivity contribution in [3.05, 3.63) is 64.1 Å². The Morgan fingerprint density at radius 2 is 1.88 bits per heavy atom. The Hall–Kier alpha value is -2.64. The lowest BCUT2D eigenvalue weighted by atomic mass is 10.1. The van der Waals surface area contributed by atoms with Crippen molar-refractivity contribution in [2.75, 3.05) is 4.90 Å². The van der Waals surface area contributed by atoms with Gasteiger partial charge < -0.3 is 10.2 Å². The molecule has 25 heavy (non-hydrogen) atoms. The van der Waals surface area contributed by atoms with Gasteiger partial charge in [0.05, 0.1) is 10.6 Å². The zero-order valence-electron chi connectivity index (χ0n) is 13.1. The number of aryl methyl sites for hydroxylation is 1. The monoisotopic (exact) mass is 371 g/mol. The van der Waals surface area contributed by atoms with E-state index in [1.54, 1.807) is 6.08 Å². The summed E-state index contributed by atoms with van der Waals surface area (Å²) in [5, 5.41) is 18.7. The van der Waals surface area contributed by atoms with Gasteiger partial charge in [0, 0.05) is 0 Å². The third-order valence-electron chi connectivity index (χ3n) is 3.64. The zero-order valence-corrected chi connectivity index (χ0v) is 14.7. The minimum Gasteiger partial charge on any atom is -0.507 e. The number of hydrogen-bond donors (Lipinski definition) is 2. The average Bonchev–Trinajstić information content (AvgIpc) is 2.84. The van der Waals surface area contributed by atoms with Crippen LogP contribution >= 0.6 is 24.0 Å². The molecule has 126 valence electrons. The minimum absolute atomic E-state index is 0.283. The lowest BCUT2D eigenvalue weighted by molar-refractivity contribution is -0.113. The van der Waals surface area contributed by atoms with Gasteiger partial charge in [0.1, 0.15) is 11.3 Å². The number of amides is 1. The van der Waals surface area contributed by atoms with Gasteiger partial charge in [0.25, 0.3) is 5.91 Å². The number of anilines is 1. The molecule has 1 heterocycles. The van der Waals surface area contributed by atoms with E-state index in [4.69, 9.17) is 17.3 Å². The Morgan fingerprint density at radius 3 is 2.52 bits per heavy atom. The third-order valence-corrected chi connectivity index (χ3v) is 4.94. The van der Waals surface area contributed by atoms with Crippen molar-refractivity contribution < 1.29 is 19.8 Å². The summed E-state index contributed by atoms with van der Waals surface area (Å²) in [5.41, 5.74) is 2.03. The van der Waals surface area contributed by atoms with Gasteiger partial charge in [-0.3, -0.25) is 9.69 Å². The van der Waals surface area contributed by atoms with Crippen LogP contribution in [-0.2, 0) is 4.79 Å². The molecule has 2 N–H and O–H groups in total. The number of phenols is 1. The van der Waals surface area contributed by atoms with E-state index in [0.717, 1.165) is 22.9 Å². The first-order valence-electron chi connectivity index (χ1n) is 7.28. The van der Waals surface area contributed by atoms with Crippen molar-refractivity contribution >= 4 is 51.9 Å². The fraction of sp³-hybridized carbons (Fsp3) is 0.0556. The fourth-order valence-electron chi connectivity index (χ4n) is 2.34. The first-order valence-corrected chi connectivity index (χ1v) is 8.50. The standard InChI is InChI=1S/C18H13NO4S2/c1-10-2-4-11(5-3-10)8-15-16(21)19(18(24)25-15)12-6-7-14(20)13(9-12)17(22)23/h2-9,20H,1H3,(H,22,23). The molecule has 0 saturated carbocycles. The molecule has 0 unspecified atom stereocenters. The van der Waals surface area contributed by atoms with E-state index in [-0.39, 0.29) is 17.2 Å². The Morgan fingerprint density at radius 1 is 1.20 bits per heavy atom. The topological polar surface area (TPSA) is 77.8 Å². The molecule has 1 aliphatic heterocycles. The number of carboxylic acids is 1. The number of rotatable bonds is 3. The molecular formula is C18H13NO4S2. The van der Waals surface area contributed by atoms with Crippen LogP contribution in [0.1, 0.15) is 21.5 Å². The van der Waals surface area contributed by atoms with Gasteiger partial charge in [-0.15, -0.1) is 0 Å². The van der Waals surface area contributed by atoms with Crippen LogP contribution in [-0.4, -0.2) is 26.4 Å². The van der Waals surface area contributed by atoms with Crippen LogP contribution in [0.25, 0.3) is 6.08 Å². The van der Waals surface area contributed by atoms with Gasteiger partial charge >= 0.3 is 5.97 Å². The van der Waals surface area contributed by atoms with Crippen LogP contribution in [0.4, 0.5) is 5.69 Å². The summed E-state index contributed by atoms with van der Waals surface area (Å²) < 4.78 is 0.311. The molecule has 0 aliphatic carbocycles. The molecule has 0 aromatic heterocycles. The third kappa shape index (κ3) is 3.42. The number of aromatic hydroxyl groups is 1. The summed E-state index contributed by atoms with van der Waals surface area (Å²) in [6.07, 6.45) is 1.75. The molecule has 1 aliphatic rings. The SMILES string of the molecule is Cc1ccc(C=C2SC(=S)N(c3ccc(O)c(C(=O)O)c3)C2=O)cc1. The van der Waals surface area contributed by atoms with Crippen LogP contribution in [0.3, 0.4) is 0 Å². The van der Waals surface area contributed by atoms with Gasteiger partial charge in [0.2, 0.25) is 0 Å². The molecule has 0 radical (unpaired) electrons. The van der Waals surface area contributed by atoms with Gasteiger partial charge in [-0.1, -0.05) is 53.8 Å². The number of thioether (sulfide) groups is 1. The summed E-state index contributed by atoms with van der Waals surface area (Å²) in [4.78, 5) is 25.6. The highest BCUT2D eigenvalue weighted by molar-refractivity contribution is 8.27. The number of carboxylic acid groups (broad SMARTS) is 1. The molecule has 2 aromatic rings. The van der Waals surface area contributed by atoms with Crippen LogP contribution in [0, 0.1) is 6.92 Å². The Balaban J connectivity index is 1.95. The maximum Gasteiger partial charge on any atom is 0.339 e. The highest BCUT2D eigenvalue weighted by Gasteiger charge is 2.33. The van der Waals surface area contributed by atoms with Crippen LogP contribution in [0.5, 0.6) is 5.75 Å². The van der Waals surface area contributed by atoms with E-state index >= 15 is 0 Å². The molecular weight excluding hydrogens is 358 g/mol. The summed E-state index contributed by atoms with van der Waals surface area (Å²) in [6.45, 7) is 1.98. The molecule has 0 atom stereocenters. The van der Waals surface area contributed by atoms with Crippen molar-refractivity contribution in [2.45, 2.75) is 6.92 Å². The average molecular weight is 371 g/mol. The van der Waals surface area contributed by atoms with Crippen LogP contribution in [0.15, 0.2) is 47.4 Å². The number of carbonyl (C=O) groups excluding carboxylic acids is 1. The Bertz CT molecular complexity index is 919. The summed E-state index contributed by atoms with van der Waals surface area (Å²) in [7, 11) is 0. The maximum absolute atomic E-state index is 12.7. The van der Waals surface area contributed by atoms with Crippen molar-refractivity contribution in [2.24, 2.45) is 0 Å². The minimum atomic E-state index is -1.28. The van der Waals surface area contributed by atoms with E-state index in [2.05, 4.69) is 0 Å². The summed E-state index contributed by atoms with van der Waals surface area (Å²) >= 11 is 6.43. The van der Waals surface area contributed by atoms with Gasteiger partial charge in [-0.25, -0.2) is 4.79 Å². The largest absolute Gasteiger partial charge is 0.507 e. The highest BCUT2D eigenvalue weighted by atomic mass is 32.2. The first kappa shape index (κ1) is 17.2. The van der Waals surface area contributed by atoms with Gasteiger partial charge in [0.15, 0.2) is 4.32 Å². The molecule has 3 rings (SSSR count). The van der Waals surface area contributed by atoms with Crippen molar-refractivity contribution in [1.29, 1.82) is 0 Å².